The average Bonchev–Trinajstić information content (AvgIpc) is 2.71. The van der Waals surface area contributed by atoms with E-state index in [2.05, 4.69) is 37.5 Å². The van der Waals surface area contributed by atoms with Crippen molar-refractivity contribution in [3.63, 3.8) is 0 Å². The summed E-state index contributed by atoms with van der Waals surface area (Å²) in [5.74, 6) is 1.07. The van der Waals surface area contributed by atoms with Gasteiger partial charge in [0.15, 0.2) is 11.2 Å². The van der Waals surface area contributed by atoms with Gasteiger partial charge < -0.3 is 14.0 Å². The molecule has 0 saturated heterocycles. The summed E-state index contributed by atoms with van der Waals surface area (Å²) in [5.41, 5.74) is 4.46. The first-order valence-corrected chi connectivity index (χ1v) is 11.3. The molecule has 1 aromatic heterocycles. The van der Waals surface area contributed by atoms with Crippen molar-refractivity contribution in [3.05, 3.63) is 51.3 Å². The van der Waals surface area contributed by atoms with Gasteiger partial charge in [0, 0.05) is 49.9 Å². The molecule has 1 aliphatic carbocycles. The molecule has 2 aliphatic rings. The van der Waals surface area contributed by atoms with Gasteiger partial charge >= 0.3 is 0 Å². The molecule has 0 bridgehead atoms. The van der Waals surface area contributed by atoms with Gasteiger partial charge in [0.1, 0.15) is 5.75 Å². The van der Waals surface area contributed by atoms with Crippen LogP contribution in [-0.2, 0) is 4.74 Å². The smallest absolute Gasteiger partial charge is 0.192 e. The molecule has 2 heterocycles. The molecule has 0 radical (unpaired) electrons. The van der Waals surface area contributed by atoms with E-state index in [0.29, 0.717) is 19.1 Å². The lowest BCUT2D eigenvalue weighted by Crippen LogP contribution is -2.40. The van der Waals surface area contributed by atoms with Crippen LogP contribution >= 0.6 is 0 Å². The monoisotopic (exact) mass is 423 g/mol. The minimum atomic E-state index is -0.200. The van der Waals surface area contributed by atoms with E-state index < -0.39 is 0 Å². The summed E-state index contributed by atoms with van der Waals surface area (Å²) < 4.78 is 13.5. The van der Waals surface area contributed by atoms with E-state index in [1.165, 1.54) is 18.9 Å². The van der Waals surface area contributed by atoms with E-state index in [-0.39, 0.29) is 28.2 Å². The molecule has 0 amide bonds. The summed E-state index contributed by atoms with van der Waals surface area (Å²) >= 11 is 0. The molecule has 1 saturated carbocycles. The van der Waals surface area contributed by atoms with E-state index in [9.17, 15) is 9.59 Å². The second-order valence-corrected chi connectivity index (χ2v) is 9.73. The Bertz CT molecular complexity index is 1070. The Labute approximate surface area is 184 Å². The first-order chi connectivity index (χ1) is 14.7. The first kappa shape index (κ1) is 21.8. The van der Waals surface area contributed by atoms with Crippen LogP contribution in [0.2, 0.25) is 0 Å². The molecule has 2 unspecified atom stereocenters. The predicted octanol–water partition coefficient (Wildman–Crippen LogP) is 5.29. The van der Waals surface area contributed by atoms with E-state index in [4.69, 9.17) is 9.47 Å². The van der Waals surface area contributed by atoms with Crippen LogP contribution in [0.1, 0.15) is 79.9 Å². The molecule has 1 fully saturated rings. The number of pyridine rings is 1. The largest absolute Gasteiger partial charge is 0.493 e. The molecule has 2 aromatic rings. The predicted molar refractivity (Wildman–Crippen MR) is 122 cm³/mol. The van der Waals surface area contributed by atoms with Crippen molar-refractivity contribution in [2.24, 2.45) is 5.41 Å². The van der Waals surface area contributed by atoms with E-state index in [1.807, 2.05) is 6.20 Å². The second kappa shape index (κ2) is 8.27. The number of methoxy groups -OCH3 is 1. The number of carbonyl (C=O) groups excluding carboxylic acids is 1. The Morgan fingerprint density at radius 3 is 2.71 bits per heavy atom. The second-order valence-electron chi connectivity index (χ2n) is 9.73. The van der Waals surface area contributed by atoms with Crippen LogP contribution in [0.3, 0.4) is 0 Å². The van der Waals surface area contributed by atoms with Gasteiger partial charge in [-0.2, -0.15) is 0 Å². The Morgan fingerprint density at radius 2 is 2.00 bits per heavy atom. The highest BCUT2D eigenvalue weighted by Gasteiger charge is 2.45. The molecule has 0 N–H and O–H groups in total. The van der Waals surface area contributed by atoms with Crippen molar-refractivity contribution >= 4 is 5.78 Å². The number of Topliss-reactive ketones (excluding diaryl/α,β-unsaturated/α-hetero) is 1. The molecule has 31 heavy (non-hydrogen) atoms. The number of hydrogen-bond donors (Lipinski definition) is 0. The van der Waals surface area contributed by atoms with Gasteiger partial charge in [0.25, 0.3) is 0 Å². The minimum Gasteiger partial charge on any atom is -0.493 e. The summed E-state index contributed by atoms with van der Waals surface area (Å²) in [7, 11) is 1.70. The number of ketones is 1. The van der Waals surface area contributed by atoms with Gasteiger partial charge in [-0.3, -0.25) is 9.59 Å². The minimum absolute atomic E-state index is 0.0584. The number of nitrogens with zero attached hydrogens (tertiary/aromatic N) is 1. The highest BCUT2D eigenvalue weighted by atomic mass is 16.5. The highest BCUT2D eigenvalue weighted by Crippen LogP contribution is 2.57. The maximum Gasteiger partial charge on any atom is 0.192 e. The average molecular weight is 424 g/mol. The number of hydrogen-bond acceptors (Lipinski definition) is 4. The number of ether oxygens (including phenoxy) is 2. The molecule has 1 aliphatic heterocycles. The number of carbonyl (C=O) groups is 1. The Hall–Kier alpha value is -2.40. The van der Waals surface area contributed by atoms with Crippen molar-refractivity contribution in [2.45, 2.75) is 65.3 Å². The third-order valence-corrected chi connectivity index (χ3v) is 7.05. The van der Waals surface area contributed by atoms with Crippen molar-refractivity contribution < 1.29 is 14.3 Å². The van der Waals surface area contributed by atoms with Crippen LogP contribution in [0.25, 0.3) is 11.3 Å². The van der Waals surface area contributed by atoms with Crippen molar-refractivity contribution in [2.75, 3.05) is 20.3 Å². The first-order valence-electron chi connectivity index (χ1n) is 11.3. The lowest BCUT2D eigenvalue weighted by atomic mass is 9.63. The Morgan fingerprint density at radius 1 is 1.23 bits per heavy atom. The molecule has 0 spiro atoms. The maximum atomic E-state index is 12.7. The summed E-state index contributed by atoms with van der Waals surface area (Å²) in [6.07, 6.45) is 6.04. The molecule has 5 nitrogen and oxygen atoms in total. The molecule has 5 heteroatoms. The lowest BCUT2D eigenvalue weighted by molar-refractivity contribution is 0.100. The lowest BCUT2D eigenvalue weighted by Gasteiger charge is -2.49. The van der Waals surface area contributed by atoms with Crippen LogP contribution in [-0.4, -0.2) is 30.7 Å². The fraction of sp³-hybridized carbons (Fsp3) is 0.538. The van der Waals surface area contributed by atoms with Crippen molar-refractivity contribution in [3.8, 4) is 17.0 Å². The summed E-state index contributed by atoms with van der Waals surface area (Å²) in [5, 5.41) is 0. The quantitative estimate of drug-likeness (QED) is 0.468. The molecule has 2 atom stereocenters. The van der Waals surface area contributed by atoms with E-state index >= 15 is 0 Å². The van der Waals surface area contributed by atoms with Gasteiger partial charge in [-0.05, 0) is 55.4 Å². The number of benzene rings is 1. The fourth-order valence-electron chi connectivity index (χ4n) is 5.56. The zero-order valence-electron chi connectivity index (χ0n) is 19.3. The van der Waals surface area contributed by atoms with Gasteiger partial charge in [-0.1, -0.05) is 20.3 Å². The Kier molecular flexibility index (Phi) is 5.82. The van der Waals surface area contributed by atoms with Crippen LogP contribution in [0.4, 0.5) is 0 Å². The highest BCUT2D eigenvalue weighted by molar-refractivity contribution is 5.94. The zero-order valence-corrected chi connectivity index (χ0v) is 19.3. The van der Waals surface area contributed by atoms with E-state index in [1.54, 1.807) is 13.2 Å². The third kappa shape index (κ3) is 3.84. The van der Waals surface area contributed by atoms with Gasteiger partial charge in [0.05, 0.1) is 17.9 Å². The number of fused-ring (bicyclic) bond motifs is 6. The normalized spacial score (nSPS) is 21.1. The number of aryl methyl sites for hydroxylation is 1. The fourth-order valence-corrected chi connectivity index (χ4v) is 5.56. The molecule has 166 valence electrons. The summed E-state index contributed by atoms with van der Waals surface area (Å²) in [4.78, 5) is 24.9. The Balaban J connectivity index is 1.88. The third-order valence-electron chi connectivity index (χ3n) is 7.05. The van der Waals surface area contributed by atoms with Crippen LogP contribution in [0.15, 0.2) is 29.2 Å². The van der Waals surface area contributed by atoms with Crippen LogP contribution < -0.4 is 10.2 Å². The van der Waals surface area contributed by atoms with Crippen molar-refractivity contribution in [1.82, 2.24) is 4.57 Å². The van der Waals surface area contributed by atoms with Crippen molar-refractivity contribution in [1.29, 1.82) is 0 Å². The summed E-state index contributed by atoms with van der Waals surface area (Å²) in [6, 6.07) is 6.21. The van der Waals surface area contributed by atoms with Crippen LogP contribution in [0.5, 0.6) is 5.75 Å². The molecular formula is C26H33NO4. The van der Waals surface area contributed by atoms with Gasteiger partial charge in [-0.15, -0.1) is 0 Å². The number of aromatic nitrogens is 1. The number of rotatable bonds is 6. The van der Waals surface area contributed by atoms with E-state index in [0.717, 1.165) is 41.8 Å². The summed E-state index contributed by atoms with van der Waals surface area (Å²) in [6.45, 7) is 9.43. The van der Waals surface area contributed by atoms with Gasteiger partial charge in [-0.25, -0.2) is 0 Å². The molecule has 4 rings (SSSR count). The molecule has 1 aromatic carbocycles. The SMILES string of the molecule is COCCCOc1cc2c(cc1C)-c1cc(=O)c(C(C)=O)cn1C1C2CCCC1(C)C. The zero-order chi connectivity index (χ0) is 22.3. The van der Waals surface area contributed by atoms with Crippen LogP contribution in [0, 0.1) is 12.3 Å². The standard InChI is InChI=1S/C26H33NO4/c1-16-12-20-19(13-24(16)31-11-7-10-30-5)18-8-6-9-26(3,4)25(18)27-15-21(17(2)28)23(29)14-22(20)27/h12-15,18,25H,6-11H2,1-5H3. The van der Waals surface area contributed by atoms with Gasteiger partial charge in [0.2, 0.25) is 0 Å². The molecular weight excluding hydrogens is 390 g/mol. The topological polar surface area (TPSA) is 57.5 Å². The maximum absolute atomic E-state index is 12.7.